The van der Waals surface area contributed by atoms with Crippen LogP contribution in [0.25, 0.3) is 0 Å². The summed E-state index contributed by atoms with van der Waals surface area (Å²) in [5.41, 5.74) is 6.30. The van der Waals surface area contributed by atoms with E-state index in [9.17, 15) is 19.8 Å². The molecule has 2 aromatic rings. The quantitative estimate of drug-likeness (QED) is 0.584. The van der Waals surface area contributed by atoms with Crippen molar-refractivity contribution in [3.05, 3.63) is 58.7 Å². The first-order valence-electron chi connectivity index (χ1n) is 5.87. The Kier molecular flexibility index (Phi) is 3.43. The summed E-state index contributed by atoms with van der Waals surface area (Å²) in [6, 6.07) is 9.12. The molecule has 2 aromatic carbocycles. The van der Waals surface area contributed by atoms with Gasteiger partial charge in [0.2, 0.25) is 0 Å². The van der Waals surface area contributed by atoms with Crippen LogP contribution in [0.2, 0.25) is 0 Å². The molecule has 1 amide bonds. The average molecular weight is 271 g/mol. The number of ketones is 1. The molecule has 4 N–H and O–H groups in total. The van der Waals surface area contributed by atoms with E-state index in [1.54, 1.807) is 24.3 Å². The first-order valence-corrected chi connectivity index (χ1v) is 5.87. The molecule has 0 bridgehead atoms. The van der Waals surface area contributed by atoms with Gasteiger partial charge in [-0.05, 0) is 19.1 Å². The van der Waals surface area contributed by atoms with Crippen molar-refractivity contribution >= 4 is 11.7 Å². The lowest BCUT2D eigenvalue weighted by Crippen LogP contribution is -2.13. The van der Waals surface area contributed by atoms with Crippen LogP contribution in [0.1, 0.15) is 31.8 Å². The van der Waals surface area contributed by atoms with Crippen molar-refractivity contribution in [1.29, 1.82) is 0 Å². The van der Waals surface area contributed by atoms with Crippen LogP contribution in [0, 0.1) is 6.92 Å². The molecular formula is C15H13NO4. The van der Waals surface area contributed by atoms with E-state index in [2.05, 4.69) is 0 Å². The van der Waals surface area contributed by atoms with Crippen LogP contribution in [0.15, 0.2) is 36.4 Å². The van der Waals surface area contributed by atoms with Crippen molar-refractivity contribution in [3.8, 4) is 11.5 Å². The van der Waals surface area contributed by atoms with Gasteiger partial charge in [-0.25, -0.2) is 0 Å². The van der Waals surface area contributed by atoms with Crippen molar-refractivity contribution in [3.63, 3.8) is 0 Å². The molecule has 0 aliphatic rings. The molecule has 0 saturated heterocycles. The highest BCUT2D eigenvalue weighted by Gasteiger charge is 2.18. The summed E-state index contributed by atoms with van der Waals surface area (Å²) in [7, 11) is 0. The molecule has 0 unspecified atom stereocenters. The molecule has 0 heterocycles. The third-order valence-electron chi connectivity index (χ3n) is 2.93. The van der Waals surface area contributed by atoms with Gasteiger partial charge in [-0.1, -0.05) is 29.8 Å². The zero-order chi connectivity index (χ0) is 14.9. The number of primary amides is 1. The number of carbonyl (C=O) groups is 2. The highest BCUT2D eigenvalue weighted by Crippen LogP contribution is 2.31. The van der Waals surface area contributed by atoms with Gasteiger partial charge in [0, 0.05) is 11.1 Å². The van der Waals surface area contributed by atoms with Gasteiger partial charge in [0.25, 0.3) is 5.91 Å². The largest absolute Gasteiger partial charge is 0.504 e. The molecule has 5 nitrogen and oxygen atoms in total. The molecule has 0 atom stereocenters. The molecule has 0 saturated carbocycles. The number of nitrogens with two attached hydrogens (primary N) is 1. The number of aryl methyl sites for hydroxylation is 1. The fourth-order valence-electron chi connectivity index (χ4n) is 1.81. The predicted octanol–water partition coefficient (Wildman–Crippen LogP) is 1.74. The summed E-state index contributed by atoms with van der Waals surface area (Å²) < 4.78 is 0. The number of rotatable bonds is 3. The van der Waals surface area contributed by atoms with Gasteiger partial charge in [0.15, 0.2) is 17.3 Å². The molecule has 20 heavy (non-hydrogen) atoms. The summed E-state index contributed by atoms with van der Waals surface area (Å²) in [5, 5.41) is 19.1. The summed E-state index contributed by atoms with van der Waals surface area (Å²) in [4.78, 5) is 23.4. The minimum Gasteiger partial charge on any atom is -0.504 e. The SMILES string of the molecule is Cc1ccc(C(=O)c2cc(O)c(O)c(C(N)=O)c2)cc1. The van der Waals surface area contributed by atoms with Crippen molar-refractivity contribution < 1.29 is 19.8 Å². The van der Waals surface area contributed by atoms with Gasteiger partial charge >= 0.3 is 0 Å². The average Bonchev–Trinajstić information content (AvgIpc) is 2.41. The lowest BCUT2D eigenvalue weighted by atomic mass is 9.99. The summed E-state index contributed by atoms with van der Waals surface area (Å²) >= 11 is 0. The third kappa shape index (κ3) is 2.47. The van der Waals surface area contributed by atoms with E-state index >= 15 is 0 Å². The number of benzene rings is 2. The second-order valence-corrected chi connectivity index (χ2v) is 4.45. The maximum absolute atomic E-state index is 12.3. The normalized spacial score (nSPS) is 10.2. The highest BCUT2D eigenvalue weighted by atomic mass is 16.3. The van der Waals surface area contributed by atoms with Crippen LogP contribution in [-0.4, -0.2) is 21.9 Å². The van der Waals surface area contributed by atoms with E-state index in [1.165, 1.54) is 6.07 Å². The summed E-state index contributed by atoms with van der Waals surface area (Å²) in [6.45, 7) is 1.89. The Morgan fingerprint density at radius 1 is 1.00 bits per heavy atom. The number of carbonyl (C=O) groups excluding carboxylic acids is 2. The second-order valence-electron chi connectivity index (χ2n) is 4.45. The molecule has 0 spiro atoms. The van der Waals surface area contributed by atoms with E-state index in [0.717, 1.165) is 11.6 Å². The Morgan fingerprint density at radius 2 is 1.60 bits per heavy atom. The highest BCUT2D eigenvalue weighted by molar-refractivity contribution is 6.11. The van der Waals surface area contributed by atoms with E-state index in [1.807, 2.05) is 6.92 Å². The first kappa shape index (κ1) is 13.6. The zero-order valence-electron chi connectivity index (χ0n) is 10.8. The molecule has 0 aliphatic carbocycles. The predicted molar refractivity (Wildman–Crippen MR) is 72.9 cm³/mol. The van der Waals surface area contributed by atoms with Gasteiger partial charge in [-0.15, -0.1) is 0 Å². The number of phenolic OH excluding ortho intramolecular Hbond substituents is 1. The van der Waals surface area contributed by atoms with Crippen molar-refractivity contribution in [2.24, 2.45) is 5.73 Å². The van der Waals surface area contributed by atoms with Crippen LogP contribution in [0.4, 0.5) is 0 Å². The Morgan fingerprint density at radius 3 is 2.15 bits per heavy atom. The first-order chi connectivity index (χ1) is 9.40. The Labute approximate surface area is 115 Å². The Bertz CT molecular complexity index is 690. The summed E-state index contributed by atoms with van der Waals surface area (Å²) in [5.74, 6) is -2.48. The van der Waals surface area contributed by atoms with Crippen LogP contribution in [-0.2, 0) is 0 Å². The van der Waals surface area contributed by atoms with Crippen LogP contribution in [0.5, 0.6) is 11.5 Å². The minimum atomic E-state index is -0.920. The van der Waals surface area contributed by atoms with Gasteiger partial charge in [-0.2, -0.15) is 0 Å². The smallest absolute Gasteiger partial charge is 0.252 e. The molecule has 5 heteroatoms. The monoisotopic (exact) mass is 271 g/mol. The van der Waals surface area contributed by atoms with E-state index < -0.39 is 17.4 Å². The number of hydrogen-bond acceptors (Lipinski definition) is 4. The molecule has 0 fully saturated rings. The van der Waals surface area contributed by atoms with Crippen LogP contribution < -0.4 is 5.73 Å². The molecule has 102 valence electrons. The standard InChI is InChI=1S/C15H13NO4/c1-8-2-4-9(5-3-8)13(18)10-6-11(15(16)20)14(19)12(17)7-10/h2-7,17,19H,1H3,(H2,16,20). The topological polar surface area (TPSA) is 101 Å². The summed E-state index contributed by atoms with van der Waals surface area (Å²) in [6.07, 6.45) is 0. The number of hydrogen-bond donors (Lipinski definition) is 3. The second kappa shape index (κ2) is 5.05. The maximum atomic E-state index is 12.3. The van der Waals surface area contributed by atoms with Crippen LogP contribution >= 0.6 is 0 Å². The Balaban J connectivity index is 2.50. The van der Waals surface area contributed by atoms with Gasteiger partial charge < -0.3 is 15.9 Å². The molecule has 0 aliphatic heterocycles. The van der Waals surface area contributed by atoms with E-state index in [0.29, 0.717) is 5.56 Å². The minimum absolute atomic E-state index is 0.0814. The molecular weight excluding hydrogens is 258 g/mol. The van der Waals surface area contributed by atoms with E-state index in [4.69, 9.17) is 5.73 Å². The van der Waals surface area contributed by atoms with Crippen molar-refractivity contribution in [1.82, 2.24) is 0 Å². The fraction of sp³-hybridized carbons (Fsp3) is 0.0667. The number of phenols is 2. The third-order valence-corrected chi connectivity index (χ3v) is 2.93. The molecule has 2 rings (SSSR count). The molecule has 0 radical (unpaired) electrons. The zero-order valence-corrected chi connectivity index (χ0v) is 10.8. The maximum Gasteiger partial charge on any atom is 0.252 e. The van der Waals surface area contributed by atoms with Crippen LogP contribution in [0.3, 0.4) is 0 Å². The number of aromatic hydroxyl groups is 2. The molecule has 0 aromatic heterocycles. The van der Waals surface area contributed by atoms with Gasteiger partial charge in [0.1, 0.15) is 0 Å². The number of amides is 1. The lowest BCUT2D eigenvalue weighted by molar-refractivity contribution is 0.0997. The van der Waals surface area contributed by atoms with Crippen molar-refractivity contribution in [2.75, 3.05) is 0 Å². The fourth-order valence-corrected chi connectivity index (χ4v) is 1.81. The lowest BCUT2D eigenvalue weighted by Gasteiger charge is -2.07. The van der Waals surface area contributed by atoms with Crippen molar-refractivity contribution in [2.45, 2.75) is 6.92 Å². The Hall–Kier alpha value is -2.82. The van der Waals surface area contributed by atoms with Gasteiger partial charge in [0.05, 0.1) is 5.56 Å². The van der Waals surface area contributed by atoms with Gasteiger partial charge in [-0.3, -0.25) is 9.59 Å². The van der Waals surface area contributed by atoms with E-state index in [-0.39, 0.29) is 16.9 Å².